The predicted molar refractivity (Wildman–Crippen MR) is 131 cm³/mol. The van der Waals surface area contributed by atoms with Gasteiger partial charge >= 0.3 is 0 Å². The molecule has 0 saturated heterocycles. The Kier molecular flexibility index (Phi) is 5.16. The standard InChI is InChI=1S/C20H14.C10H8O/c1-3-11-17-15(7-1)9-5-13-19(17)20-14-6-10-16-8-2-4-12-18(16)20;11-10-7-3-5-8-4-1-2-6-9(8)10/h1-14H;1-6H,7H2. The highest BCUT2D eigenvalue weighted by atomic mass is 16.1. The zero-order valence-corrected chi connectivity index (χ0v) is 17.2. The van der Waals surface area contributed by atoms with Crippen molar-refractivity contribution in [3.8, 4) is 11.1 Å². The van der Waals surface area contributed by atoms with Gasteiger partial charge in [0.2, 0.25) is 0 Å². The summed E-state index contributed by atoms with van der Waals surface area (Å²) in [6, 6.07) is 37.9. The van der Waals surface area contributed by atoms with Crippen LogP contribution in [0.15, 0.2) is 115 Å². The number of carbonyl (C=O) groups is 1. The maximum Gasteiger partial charge on any atom is 0.167 e. The van der Waals surface area contributed by atoms with Crippen molar-refractivity contribution in [2.24, 2.45) is 0 Å². The van der Waals surface area contributed by atoms with Crippen LogP contribution in [0.25, 0.3) is 38.7 Å². The fraction of sp³-hybridized carbons (Fsp3) is 0.0333. The maximum atomic E-state index is 11.2. The van der Waals surface area contributed by atoms with E-state index >= 15 is 0 Å². The molecule has 0 aliphatic heterocycles. The van der Waals surface area contributed by atoms with E-state index in [4.69, 9.17) is 0 Å². The van der Waals surface area contributed by atoms with E-state index < -0.39 is 0 Å². The first-order valence-corrected chi connectivity index (χ1v) is 10.6. The number of Topliss-reactive ketones (excluding diaryl/α,β-unsaturated/α-hetero) is 1. The molecule has 0 aromatic heterocycles. The van der Waals surface area contributed by atoms with Crippen LogP contribution in [-0.2, 0) is 0 Å². The largest absolute Gasteiger partial charge is 0.294 e. The fourth-order valence-corrected chi connectivity index (χ4v) is 4.22. The number of carbonyl (C=O) groups excluding carboxylic acids is 1. The van der Waals surface area contributed by atoms with Gasteiger partial charge in [-0.1, -0.05) is 121 Å². The van der Waals surface area contributed by atoms with Gasteiger partial charge in [-0.2, -0.15) is 0 Å². The lowest BCUT2D eigenvalue weighted by Gasteiger charge is -2.10. The molecule has 6 rings (SSSR count). The van der Waals surface area contributed by atoms with E-state index in [9.17, 15) is 4.79 Å². The number of fused-ring (bicyclic) bond motifs is 3. The van der Waals surface area contributed by atoms with Gasteiger partial charge in [-0.3, -0.25) is 4.79 Å². The molecule has 5 aromatic rings. The van der Waals surface area contributed by atoms with Crippen molar-refractivity contribution in [1.82, 2.24) is 0 Å². The highest BCUT2D eigenvalue weighted by Crippen LogP contribution is 2.33. The zero-order valence-electron chi connectivity index (χ0n) is 17.2. The second-order valence-corrected chi connectivity index (χ2v) is 7.67. The van der Waals surface area contributed by atoms with Gasteiger partial charge in [-0.05, 0) is 38.2 Å². The average Bonchev–Trinajstić information content (AvgIpc) is 2.84. The van der Waals surface area contributed by atoms with Crippen molar-refractivity contribution in [2.75, 3.05) is 0 Å². The van der Waals surface area contributed by atoms with Crippen molar-refractivity contribution in [2.45, 2.75) is 6.42 Å². The maximum absolute atomic E-state index is 11.2. The summed E-state index contributed by atoms with van der Waals surface area (Å²) in [7, 11) is 0. The second-order valence-electron chi connectivity index (χ2n) is 7.67. The summed E-state index contributed by atoms with van der Waals surface area (Å²) < 4.78 is 0. The van der Waals surface area contributed by atoms with Crippen LogP contribution in [0, 0.1) is 0 Å². The quantitative estimate of drug-likeness (QED) is 0.280. The minimum Gasteiger partial charge on any atom is -0.294 e. The van der Waals surface area contributed by atoms with Crippen molar-refractivity contribution in [1.29, 1.82) is 0 Å². The molecule has 0 atom stereocenters. The van der Waals surface area contributed by atoms with E-state index in [-0.39, 0.29) is 5.78 Å². The van der Waals surface area contributed by atoms with Gasteiger partial charge < -0.3 is 0 Å². The van der Waals surface area contributed by atoms with Gasteiger partial charge in [-0.15, -0.1) is 0 Å². The van der Waals surface area contributed by atoms with Crippen LogP contribution in [0.2, 0.25) is 0 Å². The van der Waals surface area contributed by atoms with Gasteiger partial charge in [-0.25, -0.2) is 0 Å². The van der Waals surface area contributed by atoms with E-state index in [1.807, 2.05) is 36.4 Å². The Labute approximate surface area is 182 Å². The summed E-state index contributed by atoms with van der Waals surface area (Å²) in [5.74, 6) is 0.225. The van der Waals surface area contributed by atoms with E-state index in [1.54, 1.807) is 0 Å². The molecule has 0 amide bonds. The Morgan fingerprint density at radius 2 is 0.968 bits per heavy atom. The molecule has 1 aliphatic rings. The van der Waals surface area contributed by atoms with Gasteiger partial charge in [0.15, 0.2) is 5.78 Å². The number of allylic oxidation sites excluding steroid dienone is 1. The number of hydrogen-bond donors (Lipinski definition) is 0. The third kappa shape index (κ3) is 3.78. The van der Waals surface area contributed by atoms with Crippen molar-refractivity contribution >= 4 is 33.4 Å². The normalized spacial score (nSPS) is 12.3. The lowest BCUT2D eigenvalue weighted by molar-refractivity contribution is 0.0994. The van der Waals surface area contributed by atoms with E-state index in [0.29, 0.717) is 6.42 Å². The third-order valence-electron chi connectivity index (χ3n) is 5.73. The first kappa shape index (κ1) is 19.0. The lowest BCUT2D eigenvalue weighted by atomic mass is 9.94. The molecule has 0 fully saturated rings. The molecule has 148 valence electrons. The van der Waals surface area contributed by atoms with Crippen LogP contribution in [0.3, 0.4) is 0 Å². The molecule has 0 unspecified atom stereocenters. The van der Waals surface area contributed by atoms with E-state index in [2.05, 4.69) is 84.9 Å². The molecular weight excluding hydrogens is 376 g/mol. The molecule has 1 nitrogen and oxygen atoms in total. The Bertz CT molecular complexity index is 1340. The van der Waals surface area contributed by atoms with Crippen molar-refractivity contribution < 1.29 is 4.79 Å². The van der Waals surface area contributed by atoms with Gasteiger partial charge in [0.1, 0.15) is 0 Å². The molecule has 0 spiro atoms. The summed E-state index contributed by atoms with van der Waals surface area (Å²) >= 11 is 0. The monoisotopic (exact) mass is 398 g/mol. The van der Waals surface area contributed by atoms with Crippen LogP contribution >= 0.6 is 0 Å². The van der Waals surface area contributed by atoms with Crippen LogP contribution in [0.4, 0.5) is 0 Å². The highest BCUT2D eigenvalue weighted by molar-refractivity contribution is 6.05. The Balaban J connectivity index is 0.000000157. The number of hydrogen-bond acceptors (Lipinski definition) is 1. The second kappa shape index (κ2) is 8.41. The predicted octanol–water partition coefficient (Wildman–Crippen LogP) is 7.95. The molecular formula is C30H22O. The smallest absolute Gasteiger partial charge is 0.167 e. The molecule has 0 heterocycles. The van der Waals surface area contributed by atoms with Crippen molar-refractivity contribution in [3.05, 3.63) is 126 Å². The number of benzene rings is 5. The molecule has 31 heavy (non-hydrogen) atoms. The van der Waals surface area contributed by atoms with E-state index in [0.717, 1.165) is 11.1 Å². The van der Waals surface area contributed by atoms with Crippen molar-refractivity contribution in [3.63, 3.8) is 0 Å². The first-order chi connectivity index (χ1) is 15.3. The van der Waals surface area contributed by atoms with Crippen LogP contribution in [0.1, 0.15) is 22.3 Å². The summed E-state index contributed by atoms with van der Waals surface area (Å²) in [5, 5.41) is 5.20. The van der Waals surface area contributed by atoms with Crippen LogP contribution in [-0.4, -0.2) is 5.78 Å². The molecule has 0 radical (unpaired) electrons. The molecule has 0 saturated carbocycles. The minimum absolute atomic E-state index is 0.225. The average molecular weight is 399 g/mol. The zero-order chi connectivity index (χ0) is 21.0. The SMILES string of the molecule is O=C1CC=Cc2ccccc21.c1ccc2c(-c3cccc4ccccc34)cccc2c1. The van der Waals surface area contributed by atoms with Crippen LogP contribution in [0.5, 0.6) is 0 Å². The van der Waals surface area contributed by atoms with Gasteiger partial charge in [0.05, 0.1) is 0 Å². The Morgan fingerprint density at radius 3 is 1.58 bits per heavy atom. The summed E-state index contributed by atoms with van der Waals surface area (Å²) in [4.78, 5) is 11.2. The van der Waals surface area contributed by atoms with Gasteiger partial charge in [0.25, 0.3) is 0 Å². The topological polar surface area (TPSA) is 17.1 Å². The van der Waals surface area contributed by atoms with E-state index in [1.165, 1.54) is 32.7 Å². The summed E-state index contributed by atoms with van der Waals surface area (Å²) in [5.41, 5.74) is 4.51. The molecule has 0 bridgehead atoms. The van der Waals surface area contributed by atoms with Gasteiger partial charge in [0, 0.05) is 12.0 Å². The number of ketones is 1. The van der Waals surface area contributed by atoms with Crippen LogP contribution < -0.4 is 0 Å². The Hall–Kier alpha value is -3.97. The third-order valence-corrected chi connectivity index (χ3v) is 5.73. The highest BCUT2D eigenvalue weighted by Gasteiger charge is 2.10. The molecule has 1 aliphatic carbocycles. The molecule has 0 N–H and O–H groups in total. The Morgan fingerprint density at radius 1 is 0.484 bits per heavy atom. The summed E-state index contributed by atoms with van der Waals surface area (Å²) in [6.07, 6.45) is 4.46. The first-order valence-electron chi connectivity index (χ1n) is 10.6. The molecule has 5 aromatic carbocycles. The summed E-state index contributed by atoms with van der Waals surface area (Å²) in [6.45, 7) is 0. The minimum atomic E-state index is 0.225. The molecule has 1 heteroatoms. The fourth-order valence-electron chi connectivity index (χ4n) is 4.22. The lowest BCUT2D eigenvalue weighted by Crippen LogP contribution is -2.02. The number of rotatable bonds is 1.